The van der Waals surface area contributed by atoms with Gasteiger partial charge in [0.05, 0.1) is 35.0 Å². The molecule has 0 amide bonds. The quantitative estimate of drug-likeness (QED) is 0.396. The second kappa shape index (κ2) is 8.61. The van der Waals surface area contributed by atoms with Crippen molar-refractivity contribution >= 4 is 39.2 Å². The molecule has 7 heteroatoms. The van der Waals surface area contributed by atoms with E-state index in [4.69, 9.17) is 9.47 Å². The highest BCUT2D eigenvalue weighted by Crippen LogP contribution is 2.23. The fourth-order valence-electron chi connectivity index (χ4n) is 2.90. The minimum absolute atomic E-state index is 0.196. The Kier molecular flexibility index (Phi) is 6.17. The van der Waals surface area contributed by atoms with Crippen molar-refractivity contribution < 1.29 is 23.9 Å². The molecular formula is C22H20BrNO5. The molecule has 0 aliphatic heterocycles. The van der Waals surface area contributed by atoms with Crippen LogP contribution in [0.25, 0.3) is 5.52 Å². The van der Waals surface area contributed by atoms with Crippen LogP contribution in [-0.4, -0.2) is 34.8 Å². The van der Waals surface area contributed by atoms with Gasteiger partial charge in [0.1, 0.15) is 0 Å². The Balaban J connectivity index is 2.13. The molecule has 1 aromatic carbocycles. The fraction of sp³-hybridized carbons (Fsp3) is 0.227. The van der Waals surface area contributed by atoms with Crippen molar-refractivity contribution in [3.63, 3.8) is 0 Å². The van der Waals surface area contributed by atoms with Crippen molar-refractivity contribution in [1.82, 2.24) is 4.40 Å². The third-order valence-corrected chi connectivity index (χ3v) is 4.71. The third-order valence-electron chi connectivity index (χ3n) is 4.18. The molecule has 0 spiro atoms. The molecule has 0 saturated carbocycles. The number of nitrogens with zero attached hydrogens (tertiary/aromatic N) is 1. The van der Waals surface area contributed by atoms with E-state index in [-0.39, 0.29) is 29.6 Å². The predicted octanol–water partition coefficient (Wildman–Crippen LogP) is 4.67. The first kappa shape index (κ1) is 20.8. The monoisotopic (exact) mass is 457 g/mol. The number of ketones is 1. The number of ether oxygens (including phenoxy) is 2. The summed E-state index contributed by atoms with van der Waals surface area (Å²) in [5, 5.41) is 0. The molecule has 0 unspecified atom stereocenters. The maximum atomic E-state index is 13.0. The molecule has 29 heavy (non-hydrogen) atoms. The number of aromatic nitrogens is 1. The summed E-state index contributed by atoms with van der Waals surface area (Å²) in [6.45, 7) is 5.41. The predicted molar refractivity (Wildman–Crippen MR) is 111 cm³/mol. The van der Waals surface area contributed by atoms with E-state index in [1.807, 2.05) is 0 Å². The molecule has 2 aromatic heterocycles. The minimum atomic E-state index is -0.561. The number of carbonyl (C=O) groups excluding carboxylic acids is 3. The van der Waals surface area contributed by atoms with E-state index in [0.717, 1.165) is 4.47 Å². The molecule has 2 heterocycles. The Hall–Kier alpha value is -2.93. The molecule has 3 aromatic rings. The number of halogens is 1. The first-order valence-corrected chi connectivity index (χ1v) is 9.94. The van der Waals surface area contributed by atoms with Gasteiger partial charge in [-0.15, -0.1) is 0 Å². The molecule has 0 aliphatic carbocycles. The van der Waals surface area contributed by atoms with Crippen molar-refractivity contribution in [3.05, 3.63) is 75.5 Å². The Morgan fingerprint density at radius 1 is 1.00 bits per heavy atom. The van der Waals surface area contributed by atoms with Gasteiger partial charge in [0.2, 0.25) is 5.78 Å². The second-order valence-corrected chi connectivity index (χ2v) is 7.54. The van der Waals surface area contributed by atoms with E-state index < -0.39 is 11.9 Å². The van der Waals surface area contributed by atoms with Gasteiger partial charge in [-0.25, -0.2) is 9.59 Å². The number of benzene rings is 1. The third kappa shape index (κ3) is 4.40. The molecule has 0 bridgehead atoms. The van der Waals surface area contributed by atoms with Gasteiger partial charge in [-0.05, 0) is 63.2 Å². The van der Waals surface area contributed by atoms with Crippen LogP contribution in [0.2, 0.25) is 0 Å². The first-order valence-electron chi connectivity index (χ1n) is 9.15. The molecule has 6 nitrogen and oxygen atoms in total. The van der Waals surface area contributed by atoms with Gasteiger partial charge in [0.15, 0.2) is 0 Å². The lowest BCUT2D eigenvalue weighted by Crippen LogP contribution is -2.12. The number of hydrogen-bond donors (Lipinski definition) is 0. The van der Waals surface area contributed by atoms with Crippen LogP contribution in [0.5, 0.6) is 0 Å². The van der Waals surface area contributed by atoms with E-state index in [0.29, 0.717) is 16.8 Å². The van der Waals surface area contributed by atoms with Gasteiger partial charge in [0.25, 0.3) is 0 Å². The summed E-state index contributed by atoms with van der Waals surface area (Å²) < 4.78 is 12.8. The minimum Gasteiger partial charge on any atom is -0.462 e. The number of rotatable bonds is 6. The zero-order valence-corrected chi connectivity index (χ0v) is 17.9. The van der Waals surface area contributed by atoms with Crippen molar-refractivity contribution in [1.29, 1.82) is 0 Å². The molecular weight excluding hydrogens is 438 g/mol. The average molecular weight is 458 g/mol. The normalized spacial score (nSPS) is 10.9. The largest absolute Gasteiger partial charge is 0.462 e. The summed E-state index contributed by atoms with van der Waals surface area (Å²) in [5.74, 6) is -1.31. The summed E-state index contributed by atoms with van der Waals surface area (Å²) >= 11 is 3.35. The number of hydrogen-bond acceptors (Lipinski definition) is 5. The molecule has 0 atom stereocenters. The standard InChI is InChI=1S/C22H20BrNO5/c1-4-28-22(27)17-12-19(20(25)14-5-7-16(23)8-6-14)24-10-9-15(11-18(17)24)21(26)29-13(2)3/h5-13H,4H2,1-3H3. The maximum absolute atomic E-state index is 13.0. The molecule has 3 rings (SSSR count). The molecule has 0 fully saturated rings. The lowest BCUT2D eigenvalue weighted by molar-refractivity contribution is 0.0377. The van der Waals surface area contributed by atoms with E-state index in [1.165, 1.54) is 12.1 Å². The van der Waals surface area contributed by atoms with E-state index in [2.05, 4.69) is 15.9 Å². The topological polar surface area (TPSA) is 74.1 Å². The highest BCUT2D eigenvalue weighted by molar-refractivity contribution is 9.10. The summed E-state index contributed by atoms with van der Waals surface area (Å²) in [4.78, 5) is 37.8. The van der Waals surface area contributed by atoms with Crippen LogP contribution >= 0.6 is 15.9 Å². The molecule has 150 valence electrons. The lowest BCUT2D eigenvalue weighted by Gasteiger charge is -2.09. The Bertz CT molecular complexity index is 1080. The van der Waals surface area contributed by atoms with E-state index in [9.17, 15) is 14.4 Å². The van der Waals surface area contributed by atoms with Crippen LogP contribution in [0.1, 0.15) is 57.5 Å². The van der Waals surface area contributed by atoms with Crippen LogP contribution < -0.4 is 0 Å². The van der Waals surface area contributed by atoms with Gasteiger partial charge < -0.3 is 13.9 Å². The van der Waals surface area contributed by atoms with Crippen molar-refractivity contribution in [2.24, 2.45) is 0 Å². The van der Waals surface area contributed by atoms with Crippen molar-refractivity contribution in [3.8, 4) is 0 Å². The van der Waals surface area contributed by atoms with Crippen LogP contribution in [0.15, 0.2) is 53.1 Å². The number of pyridine rings is 1. The summed E-state index contributed by atoms with van der Waals surface area (Å²) in [6.07, 6.45) is 1.31. The van der Waals surface area contributed by atoms with Crippen LogP contribution in [-0.2, 0) is 9.47 Å². The Morgan fingerprint density at radius 2 is 1.69 bits per heavy atom. The summed E-state index contributed by atoms with van der Waals surface area (Å²) in [6, 6.07) is 11.5. The molecule has 0 aliphatic rings. The van der Waals surface area contributed by atoms with Crippen LogP contribution in [0.3, 0.4) is 0 Å². The van der Waals surface area contributed by atoms with E-state index in [1.54, 1.807) is 61.7 Å². The SMILES string of the molecule is CCOC(=O)c1cc(C(=O)c2ccc(Br)cc2)n2ccc(C(=O)OC(C)C)cc12. The molecule has 0 radical (unpaired) electrons. The molecule has 0 N–H and O–H groups in total. The van der Waals surface area contributed by atoms with Gasteiger partial charge in [-0.2, -0.15) is 0 Å². The van der Waals surface area contributed by atoms with Gasteiger partial charge >= 0.3 is 11.9 Å². The van der Waals surface area contributed by atoms with Gasteiger partial charge in [0, 0.05) is 16.2 Å². The zero-order chi connectivity index (χ0) is 21.1. The van der Waals surface area contributed by atoms with Crippen molar-refractivity contribution in [2.75, 3.05) is 6.61 Å². The van der Waals surface area contributed by atoms with Gasteiger partial charge in [-0.1, -0.05) is 15.9 Å². The average Bonchev–Trinajstić information content (AvgIpc) is 3.06. The van der Waals surface area contributed by atoms with Crippen LogP contribution in [0, 0.1) is 0 Å². The smallest absolute Gasteiger partial charge is 0.340 e. The second-order valence-electron chi connectivity index (χ2n) is 6.62. The summed E-state index contributed by atoms with van der Waals surface area (Å²) in [5.41, 5.74) is 1.69. The zero-order valence-electron chi connectivity index (χ0n) is 16.3. The first-order chi connectivity index (χ1) is 13.8. The fourth-order valence-corrected chi connectivity index (χ4v) is 3.17. The molecule has 0 saturated heterocycles. The van der Waals surface area contributed by atoms with Gasteiger partial charge in [-0.3, -0.25) is 4.79 Å². The highest BCUT2D eigenvalue weighted by Gasteiger charge is 2.23. The van der Waals surface area contributed by atoms with E-state index >= 15 is 0 Å². The van der Waals surface area contributed by atoms with Crippen molar-refractivity contribution in [2.45, 2.75) is 26.9 Å². The Morgan fingerprint density at radius 3 is 2.31 bits per heavy atom. The van der Waals surface area contributed by atoms with Crippen LogP contribution in [0.4, 0.5) is 0 Å². The lowest BCUT2D eigenvalue weighted by atomic mass is 10.1. The number of esters is 2. The maximum Gasteiger partial charge on any atom is 0.340 e. The highest BCUT2D eigenvalue weighted by atomic mass is 79.9. The number of fused-ring (bicyclic) bond motifs is 1. The summed E-state index contributed by atoms with van der Waals surface area (Å²) in [7, 11) is 0. The number of carbonyl (C=O) groups is 3. The Labute approximate surface area is 176 Å².